The van der Waals surface area contributed by atoms with Gasteiger partial charge in [-0.1, -0.05) is 38.8 Å². The standard InChI is InChI=1S/C19H29F3N4O/c1-5-14(6-2)11-23-18(25-13-17(27)26(3)4)24-12-15-8-7-9-16(10-15)19(20,21)22/h7-10,14H,5-6,11-13H2,1-4H3,(H2,23,24,25). The number of nitrogens with one attached hydrogen (secondary N) is 2. The molecule has 0 unspecified atom stereocenters. The van der Waals surface area contributed by atoms with Gasteiger partial charge in [-0.2, -0.15) is 13.2 Å². The molecule has 0 bridgehead atoms. The van der Waals surface area contributed by atoms with E-state index in [1.807, 2.05) is 0 Å². The van der Waals surface area contributed by atoms with Crippen LogP contribution in [-0.2, 0) is 17.5 Å². The first-order chi connectivity index (χ1) is 12.7. The zero-order valence-electron chi connectivity index (χ0n) is 16.4. The number of guanidine groups is 1. The number of aliphatic imine (C=N–C) groups is 1. The highest BCUT2D eigenvalue weighted by Gasteiger charge is 2.30. The van der Waals surface area contributed by atoms with Crippen molar-refractivity contribution in [3.05, 3.63) is 35.4 Å². The van der Waals surface area contributed by atoms with Crippen LogP contribution < -0.4 is 10.6 Å². The van der Waals surface area contributed by atoms with Crippen LogP contribution in [0.25, 0.3) is 0 Å². The summed E-state index contributed by atoms with van der Waals surface area (Å²) in [4.78, 5) is 17.6. The Labute approximate surface area is 159 Å². The maximum atomic E-state index is 12.8. The van der Waals surface area contributed by atoms with Crippen molar-refractivity contribution < 1.29 is 18.0 Å². The molecule has 0 fully saturated rings. The van der Waals surface area contributed by atoms with Gasteiger partial charge >= 0.3 is 6.18 Å². The van der Waals surface area contributed by atoms with Crippen molar-refractivity contribution in [2.75, 3.05) is 27.2 Å². The number of hydrogen-bond acceptors (Lipinski definition) is 2. The molecule has 0 atom stereocenters. The van der Waals surface area contributed by atoms with Crippen LogP contribution in [-0.4, -0.2) is 44.0 Å². The van der Waals surface area contributed by atoms with E-state index in [-0.39, 0.29) is 19.0 Å². The molecule has 0 spiro atoms. The summed E-state index contributed by atoms with van der Waals surface area (Å²) in [6.07, 6.45) is -2.38. The molecule has 8 heteroatoms. The normalized spacial score (nSPS) is 12.2. The summed E-state index contributed by atoms with van der Waals surface area (Å²) >= 11 is 0. The van der Waals surface area contributed by atoms with Gasteiger partial charge in [0.2, 0.25) is 5.91 Å². The third-order valence-corrected chi connectivity index (χ3v) is 4.29. The summed E-state index contributed by atoms with van der Waals surface area (Å²) < 4.78 is 38.5. The number of likely N-dealkylation sites (N-methyl/N-ethyl adjacent to an activating group) is 1. The van der Waals surface area contributed by atoms with Crippen molar-refractivity contribution in [1.82, 2.24) is 15.5 Å². The topological polar surface area (TPSA) is 56.7 Å². The fourth-order valence-electron chi connectivity index (χ4n) is 2.33. The van der Waals surface area contributed by atoms with Crippen molar-refractivity contribution in [2.24, 2.45) is 10.9 Å². The zero-order chi connectivity index (χ0) is 20.4. The van der Waals surface area contributed by atoms with Crippen LogP contribution in [0.1, 0.15) is 37.8 Å². The number of halogens is 3. The van der Waals surface area contributed by atoms with Crippen LogP contribution in [0.5, 0.6) is 0 Å². The van der Waals surface area contributed by atoms with E-state index < -0.39 is 11.7 Å². The Hall–Kier alpha value is -2.25. The monoisotopic (exact) mass is 386 g/mol. The number of benzene rings is 1. The van der Waals surface area contributed by atoms with Crippen LogP contribution in [0.3, 0.4) is 0 Å². The van der Waals surface area contributed by atoms with Gasteiger partial charge in [0, 0.05) is 20.6 Å². The van der Waals surface area contributed by atoms with E-state index in [4.69, 9.17) is 0 Å². The van der Waals surface area contributed by atoms with E-state index in [1.165, 1.54) is 11.0 Å². The Morgan fingerprint density at radius 3 is 2.41 bits per heavy atom. The number of hydrogen-bond donors (Lipinski definition) is 2. The average Bonchev–Trinajstić information content (AvgIpc) is 2.63. The zero-order valence-corrected chi connectivity index (χ0v) is 16.4. The van der Waals surface area contributed by atoms with Crippen LogP contribution in [0.15, 0.2) is 29.3 Å². The maximum Gasteiger partial charge on any atom is 0.416 e. The summed E-state index contributed by atoms with van der Waals surface area (Å²) in [5, 5.41) is 6.12. The van der Waals surface area contributed by atoms with Crippen molar-refractivity contribution in [3.63, 3.8) is 0 Å². The molecular weight excluding hydrogens is 357 g/mol. The Morgan fingerprint density at radius 1 is 1.19 bits per heavy atom. The van der Waals surface area contributed by atoms with Gasteiger partial charge in [-0.25, -0.2) is 4.99 Å². The second-order valence-corrected chi connectivity index (χ2v) is 6.57. The van der Waals surface area contributed by atoms with Gasteiger partial charge in [0.15, 0.2) is 5.96 Å². The lowest BCUT2D eigenvalue weighted by Crippen LogP contribution is -2.44. The summed E-state index contributed by atoms with van der Waals surface area (Å²) in [6, 6.07) is 5.09. The molecule has 0 aliphatic heterocycles. The van der Waals surface area contributed by atoms with Crippen molar-refractivity contribution in [3.8, 4) is 0 Å². The third-order valence-electron chi connectivity index (χ3n) is 4.29. The van der Waals surface area contributed by atoms with Gasteiger partial charge in [0.05, 0.1) is 18.7 Å². The maximum absolute atomic E-state index is 12.8. The van der Waals surface area contributed by atoms with Gasteiger partial charge in [0.1, 0.15) is 0 Å². The molecule has 1 rings (SSSR count). The van der Waals surface area contributed by atoms with Gasteiger partial charge < -0.3 is 15.5 Å². The van der Waals surface area contributed by atoms with E-state index >= 15 is 0 Å². The molecule has 5 nitrogen and oxygen atoms in total. The largest absolute Gasteiger partial charge is 0.416 e. The molecule has 0 aliphatic rings. The number of nitrogens with zero attached hydrogens (tertiary/aromatic N) is 2. The second-order valence-electron chi connectivity index (χ2n) is 6.57. The molecule has 152 valence electrons. The van der Waals surface area contributed by atoms with Crippen LogP contribution in [0.2, 0.25) is 0 Å². The first kappa shape index (κ1) is 22.8. The van der Waals surface area contributed by atoms with Crippen molar-refractivity contribution >= 4 is 11.9 Å². The molecule has 0 radical (unpaired) electrons. The Morgan fingerprint density at radius 2 is 1.85 bits per heavy atom. The van der Waals surface area contributed by atoms with E-state index in [1.54, 1.807) is 20.2 Å². The van der Waals surface area contributed by atoms with E-state index in [0.717, 1.165) is 25.0 Å². The highest BCUT2D eigenvalue weighted by molar-refractivity contribution is 5.86. The van der Waals surface area contributed by atoms with Crippen LogP contribution in [0, 0.1) is 5.92 Å². The van der Waals surface area contributed by atoms with Crippen molar-refractivity contribution in [2.45, 2.75) is 39.4 Å². The quantitative estimate of drug-likeness (QED) is 0.533. The minimum absolute atomic E-state index is 0.0599. The lowest BCUT2D eigenvalue weighted by atomic mass is 10.0. The number of carbonyl (C=O) groups is 1. The van der Waals surface area contributed by atoms with Gasteiger partial charge in [-0.05, 0) is 23.6 Å². The molecule has 2 N–H and O–H groups in total. The fraction of sp³-hybridized carbons (Fsp3) is 0.579. The fourth-order valence-corrected chi connectivity index (χ4v) is 2.33. The lowest BCUT2D eigenvalue weighted by Gasteiger charge is -2.18. The van der Waals surface area contributed by atoms with Crippen LogP contribution >= 0.6 is 0 Å². The van der Waals surface area contributed by atoms with E-state index in [9.17, 15) is 18.0 Å². The summed E-state index contributed by atoms with van der Waals surface area (Å²) in [5.74, 6) is 0.746. The molecule has 0 aliphatic carbocycles. The van der Waals surface area contributed by atoms with E-state index in [2.05, 4.69) is 29.5 Å². The predicted molar refractivity (Wildman–Crippen MR) is 101 cm³/mol. The van der Waals surface area contributed by atoms with E-state index in [0.29, 0.717) is 24.0 Å². The minimum Gasteiger partial charge on any atom is -0.356 e. The molecule has 1 aromatic carbocycles. The smallest absolute Gasteiger partial charge is 0.356 e. The number of rotatable bonds is 8. The molecule has 0 saturated carbocycles. The van der Waals surface area contributed by atoms with Crippen molar-refractivity contribution in [1.29, 1.82) is 0 Å². The third kappa shape index (κ3) is 8.32. The lowest BCUT2D eigenvalue weighted by molar-refractivity contribution is -0.137. The Balaban J connectivity index is 2.85. The number of carbonyl (C=O) groups excluding carboxylic acids is 1. The molecule has 1 amide bonds. The Bertz CT molecular complexity index is 626. The minimum atomic E-state index is -4.38. The average molecular weight is 386 g/mol. The SMILES string of the molecule is CCC(CC)CNC(=NCc1cccc(C(F)(F)F)c1)NCC(=O)N(C)C. The predicted octanol–water partition coefficient (Wildman–Crippen LogP) is 3.27. The van der Waals surface area contributed by atoms with Crippen LogP contribution in [0.4, 0.5) is 13.2 Å². The summed E-state index contributed by atoms with van der Waals surface area (Å²) in [6.45, 7) is 5.01. The Kier molecular flexibility index (Phi) is 9.11. The highest BCUT2D eigenvalue weighted by Crippen LogP contribution is 2.29. The summed E-state index contributed by atoms with van der Waals surface area (Å²) in [5.41, 5.74) is -0.245. The molecule has 0 saturated heterocycles. The van der Waals surface area contributed by atoms with Gasteiger partial charge in [-0.15, -0.1) is 0 Å². The highest BCUT2D eigenvalue weighted by atomic mass is 19.4. The second kappa shape index (κ2) is 10.8. The first-order valence-corrected chi connectivity index (χ1v) is 9.05. The van der Waals surface area contributed by atoms with Gasteiger partial charge in [-0.3, -0.25) is 4.79 Å². The molecular formula is C19H29F3N4O. The summed E-state index contributed by atoms with van der Waals surface area (Å²) in [7, 11) is 3.31. The molecule has 27 heavy (non-hydrogen) atoms. The molecule has 0 heterocycles. The number of alkyl halides is 3. The number of amides is 1. The van der Waals surface area contributed by atoms with Gasteiger partial charge in [0.25, 0.3) is 0 Å². The first-order valence-electron chi connectivity index (χ1n) is 9.05. The molecule has 1 aromatic rings. The molecule has 0 aromatic heterocycles.